The van der Waals surface area contributed by atoms with Crippen molar-refractivity contribution in [2.75, 3.05) is 56.2 Å². The molecule has 1 atom stereocenters. The van der Waals surface area contributed by atoms with Gasteiger partial charge >= 0.3 is 6.09 Å². The Hall–Kier alpha value is -4.26. The number of carbonyl (C=O) groups excluding carboxylic acids is 3. The maximum Gasteiger partial charge on any atom is 0.435 e. The number of hydrogen-bond acceptors (Lipinski definition) is 9. The number of morpholine rings is 1. The molecule has 2 aliphatic rings. The molecule has 2 aliphatic heterocycles. The Morgan fingerprint density at radius 2 is 1.65 bits per heavy atom. The number of fused-ring (bicyclic) bond motifs is 1. The fourth-order valence-corrected chi connectivity index (χ4v) is 6.72. The van der Waals surface area contributed by atoms with Crippen LogP contribution in [-0.4, -0.2) is 84.1 Å². The molecule has 1 unspecified atom stereocenters. The number of likely N-dealkylation sites (tertiary alicyclic amines) is 1. The number of aromatic nitrogens is 2. The van der Waals surface area contributed by atoms with Gasteiger partial charge in [-0.3, -0.25) is 9.59 Å². The molecule has 0 bridgehead atoms. The Labute approximate surface area is 272 Å². The van der Waals surface area contributed by atoms with Crippen molar-refractivity contribution in [1.29, 1.82) is 0 Å². The first kappa shape index (κ1) is 31.7. The Morgan fingerprint density at radius 3 is 2.33 bits per heavy atom. The van der Waals surface area contributed by atoms with Gasteiger partial charge in [-0.05, 0) is 82.6 Å². The van der Waals surface area contributed by atoms with Gasteiger partial charge in [-0.25, -0.2) is 4.79 Å². The van der Waals surface area contributed by atoms with Gasteiger partial charge in [0.2, 0.25) is 0 Å². The molecule has 2 N–H and O–H groups in total. The van der Waals surface area contributed by atoms with Gasteiger partial charge < -0.3 is 29.9 Å². The van der Waals surface area contributed by atoms with Crippen LogP contribution in [-0.2, 0) is 9.47 Å². The molecule has 0 radical (unpaired) electrons. The van der Waals surface area contributed by atoms with Crippen LogP contribution in [0.4, 0.5) is 16.3 Å². The summed E-state index contributed by atoms with van der Waals surface area (Å²) in [6.07, 6.45) is 1.60. The third-order valence-corrected chi connectivity index (χ3v) is 9.16. The predicted octanol–water partition coefficient (Wildman–Crippen LogP) is 5.54. The molecule has 242 valence electrons. The van der Waals surface area contributed by atoms with Crippen molar-refractivity contribution in [2.24, 2.45) is 0 Å². The lowest BCUT2D eigenvalue weighted by Crippen LogP contribution is -2.36. The summed E-state index contributed by atoms with van der Waals surface area (Å²) in [7, 11) is 0. The van der Waals surface area contributed by atoms with Crippen LogP contribution >= 0.6 is 11.3 Å². The Bertz CT molecular complexity index is 1680. The Balaban J connectivity index is 1.26. The van der Waals surface area contributed by atoms with Crippen molar-refractivity contribution in [1.82, 2.24) is 20.0 Å². The highest BCUT2D eigenvalue weighted by Gasteiger charge is 2.28. The van der Waals surface area contributed by atoms with Crippen LogP contribution < -0.4 is 15.5 Å². The van der Waals surface area contributed by atoms with Gasteiger partial charge in [0.1, 0.15) is 5.60 Å². The van der Waals surface area contributed by atoms with Crippen LogP contribution in [0.1, 0.15) is 65.2 Å². The lowest BCUT2D eigenvalue weighted by Gasteiger charge is -2.28. The van der Waals surface area contributed by atoms with Crippen molar-refractivity contribution >= 4 is 51.0 Å². The fraction of sp³-hybridized carbons (Fsp3) is 0.412. The molecular weight excluding hydrogens is 604 g/mol. The largest absolute Gasteiger partial charge is 0.442 e. The van der Waals surface area contributed by atoms with E-state index in [1.807, 2.05) is 42.5 Å². The average molecular weight is 645 g/mol. The normalized spacial score (nSPS) is 16.4. The number of benzene rings is 2. The van der Waals surface area contributed by atoms with Crippen LogP contribution in [0.5, 0.6) is 0 Å². The standard InChI is InChI=1S/C34H40N6O5S/c1-34(2,3)45-33(43)40-27-21-28(32(42)35-26(22-38-15-7-8-16-38)23-9-5-4-6-10-23)46-29(27)30(37-40)36-31(41)24-11-13-25(14-12-24)39-17-19-44-20-18-39/h4-6,9-14,21,26H,7-8,15-20,22H2,1-3H3,(H,35,42)(H,36,37,41). The summed E-state index contributed by atoms with van der Waals surface area (Å²) < 4.78 is 12.7. The van der Waals surface area contributed by atoms with Gasteiger partial charge in [0.05, 0.1) is 34.3 Å². The maximum atomic E-state index is 13.7. The van der Waals surface area contributed by atoms with Crippen molar-refractivity contribution in [3.05, 3.63) is 76.7 Å². The predicted molar refractivity (Wildman–Crippen MR) is 179 cm³/mol. The second kappa shape index (κ2) is 13.6. The topological polar surface area (TPSA) is 118 Å². The molecule has 46 heavy (non-hydrogen) atoms. The van der Waals surface area contributed by atoms with Crippen LogP contribution in [0.2, 0.25) is 0 Å². The van der Waals surface area contributed by atoms with Crippen molar-refractivity contribution < 1.29 is 23.9 Å². The monoisotopic (exact) mass is 644 g/mol. The third-order valence-electron chi connectivity index (χ3n) is 8.03. The highest BCUT2D eigenvalue weighted by atomic mass is 32.1. The summed E-state index contributed by atoms with van der Waals surface area (Å²) >= 11 is 1.18. The Morgan fingerprint density at radius 1 is 0.957 bits per heavy atom. The zero-order chi connectivity index (χ0) is 32.3. The molecule has 2 fully saturated rings. The number of nitrogens with one attached hydrogen (secondary N) is 2. The van der Waals surface area contributed by atoms with E-state index in [1.54, 1.807) is 39.0 Å². The quantitative estimate of drug-likeness (QED) is 0.257. The van der Waals surface area contributed by atoms with E-state index in [4.69, 9.17) is 9.47 Å². The summed E-state index contributed by atoms with van der Waals surface area (Å²) in [5.74, 6) is -0.455. The van der Waals surface area contributed by atoms with E-state index in [2.05, 4.69) is 25.5 Å². The summed E-state index contributed by atoms with van der Waals surface area (Å²) in [6.45, 7) is 11.0. The number of hydrogen-bond donors (Lipinski definition) is 2. The SMILES string of the molecule is CC(C)(C)OC(=O)n1nc(NC(=O)c2ccc(N3CCOCC3)cc2)c2sc(C(=O)NC(CN3CCCC3)c3ccccc3)cc21. The van der Waals surface area contributed by atoms with Crippen LogP contribution in [0.15, 0.2) is 60.7 Å². The highest BCUT2D eigenvalue weighted by Crippen LogP contribution is 2.33. The molecule has 0 saturated carbocycles. The third kappa shape index (κ3) is 7.41. The first-order chi connectivity index (χ1) is 22.1. The molecule has 0 aliphatic carbocycles. The van der Waals surface area contributed by atoms with E-state index >= 15 is 0 Å². The number of nitrogens with zero attached hydrogens (tertiary/aromatic N) is 4. The van der Waals surface area contributed by atoms with Gasteiger partial charge in [0.25, 0.3) is 11.8 Å². The second-order valence-electron chi connectivity index (χ2n) is 12.6. The summed E-state index contributed by atoms with van der Waals surface area (Å²) in [6, 6.07) is 18.7. The molecule has 2 saturated heterocycles. The molecule has 2 aromatic heterocycles. The van der Waals surface area contributed by atoms with Gasteiger partial charge in [0, 0.05) is 30.9 Å². The van der Waals surface area contributed by atoms with Gasteiger partial charge in [-0.2, -0.15) is 4.68 Å². The zero-order valence-corrected chi connectivity index (χ0v) is 27.3. The minimum absolute atomic E-state index is 0.184. The second-order valence-corrected chi connectivity index (χ2v) is 13.7. The van der Waals surface area contributed by atoms with Crippen molar-refractivity contribution in [3.63, 3.8) is 0 Å². The highest BCUT2D eigenvalue weighted by molar-refractivity contribution is 7.21. The number of thiophene rings is 1. The molecule has 4 aromatic rings. The average Bonchev–Trinajstić information content (AvgIpc) is 3.79. The first-order valence-corrected chi connectivity index (χ1v) is 16.5. The van der Waals surface area contributed by atoms with Crippen LogP contribution in [0.25, 0.3) is 10.2 Å². The van der Waals surface area contributed by atoms with E-state index in [0.29, 0.717) is 40.4 Å². The molecule has 0 spiro atoms. The van der Waals surface area contributed by atoms with Crippen LogP contribution in [0.3, 0.4) is 0 Å². The Kier molecular flexibility index (Phi) is 9.39. The van der Waals surface area contributed by atoms with Gasteiger partial charge in [0.15, 0.2) is 5.82 Å². The molecule has 2 amide bonds. The van der Waals surface area contributed by atoms with E-state index in [9.17, 15) is 14.4 Å². The first-order valence-electron chi connectivity index (χ1n) is 15.7. The zero-order valence-electron chi connectivity index (χ0n) is 26.5. The van der Waals surface area contributed by atoms with Crippen molar-refractivity contribution in [3.8, 4) is 0 Å². The fourth-order valence-electron chi connectivity index (χ4n) is 5.74. The molecule has 11 nitrogen and oxygen atoms in total. The van der Waals surface area contributed by atoms with E-state index < -0.39 is 11.7 Å². The minimum Gasteiger partial charge on any atom is -0.442 e. The van der Waals surface area contributed by atoms with Gasteiger partial charge in [-0.15, -0.1) is 16.4 Å². The smallest absolute Gasteiger partial charge is 0.435 e. The number of ether oxygens (including phenoxy) is 2. The molecule has 12 heteroatoms. The molecule has 4 heterocycles. The molecule has 6 rings (SSSR count). The lowest BCUT2D eigenvalue weighted by molar-refractivity contribution is 0.0522. The summed E-state index contributed by atoms with van der Waals surface area (Å²) in [4.78, 5) is 45.3. The van der Waals surface area contributed by atoms with Crippen molar-refractivity contribution in [2.45, 2.75) is 45.3 Å². The van der Waals surface area contributed by atoms with E-state index in [0.717, 1.165) is 55.0 Å². The maximum absolute atomic E-state index is 13.7. The number of amides is 2. The number of rotatable bonds is 8. The minimum atomic E-state index is -0.768. The molecular formula is C34H40N6O5S. The van der Waals surface area contributed by atoms with E-state index in [-0.39, 0.29) is 23.7 Å². The number of carbonyl (C=O) groups is 3. The van der Waals surface area contributed by atoms with Gasteiger partial charge in [-0.1, -0.05) is 30.3 Å². The lowest BCUT2D eigenvalue weighted by atomic mass is 10.1. The summed E-state index contributed by atoms with van der Waals surface area (Å²) in [5.41, 5.74) is 2.10. The molecule has 2 aromatic carbocycles. The van der Waals surface area contributed by atoms with E-state index in [1.165, 1.54) is 11.3 Å². The summed E-state index contributed by atoms with van der Waals surface area (Å²) in [5, 5.41) is 10.5. The number of anilines is 2. The van der Waals surface area contributed by atoms with Crippen LogP contribution in [0, 0.1) is 0 Å².